The first-order valence-corrected chi connectivity index (χ1v) is 12.6. The highest BCUT2D eigenvalue weighted by molar-refractivity contribution is 7.98. The van der Waals surface area contributed by atoms with Crippen LogP contribution >= 0.6 is 11.8 Å². The van der Waals surface area contributed by atoms with Gasteiger partial charge in [-0.25, -0.2) is 0 Å². The summed E-state index contributed by atoms with van der Waals surface area (Å²) in [5, 5.41) is 3.30. The average Bonchev–Trinajstić information content (AvgIpc) is 2.83. The molecule has 0 saturated carbocycles. The Kier molecular flexibility index (Phi) is 6.95. The number of likely N-dealkylation sites (N-methyl/N-ethyl adjacent to an activating group) is 1. The first-order valence-electron chi connectivity index (χ1n) is 11.2. The number of ether oxygens (including phenoxy) is 1. The molecule has 34 heavy (non-hydrogen) atoms. The Morgan fingerprint density at radius 2 is 1.53 bits per heavy atom. The number of nitrogens with one attached hydrogen (secondary N) is 1. The highest BCUT2D eigenvalue weighted by atomic mass is 32.2. The third-order valence-corrected chi connectivity index (χ3v) is 6.70. The van der Waals surface area contributed by atoms with Crippen molar-refractivity contribution in [2.75, 3.05) is 56.9 Å². The summed E-state index contributed by atoms with van der Waals surface area (Å²) in [6, 6.07) is 18.1. The Morgan fingerprint density at radius 3 is 2.18 bits per heavy atom. The molecule has 0 spiro atoms. The number of nitrogen functional groups attached to an aromatic ring is 1. The van der Waals surface area contributed by atoms with Gasteiger partial charge in [0.15, 0.2) is 11.6 Å². The maximum absolute atomic E-state index is 13.5. The standard InChI is InChI=1S/C27H29N3O3S/c1-30(2,14-16-34-3)13-15-33-22-17-21(29-18-9-5-4-6-10-18)23-24(25(22)28)27(32)20-12-8-7-11-19(20)26(23)31/h4-12,17H,13-16H2,1-3H3,(H2-,28,29,31,32)/p+1. The Bertz CT molecular complexity index is 1230. The third kappa shape index (κ3) is 4.81. The molecule has 176 valence electrons. The number of carbonyl (C=O) groups is 2. The van der Waals surface area contributed by atoms with Crippen molar-refractivity contribution in [2.24, 2.45) is 0 Å². The van der Waals surface area contributed by atoms with Crippen LogP contribution in [0.1, 0.15) is 31.8 Å². The van der Waals surface area contributed by atoms with Crippen molar-refractivity contribution in [1.29, 1.82) is 0 Å². The van der Waals surface area contributed by atoms with E-state index >= 15 is 0 Å². The minimum atomic E-state index is -0.264. The summed E-state index contributed by atoms with van der Waals surface area (Å²) < 4.78 is 6.93. The number of ketones is 2. The summed E-state index contributed by atoms with van der Waals surface area (Å²) in [7, 11) is 4.33. The molecular formula is C27H30N3O3S+. The molecule has 0 aromatic heterocycles. The molecule has 0 saturated heterocycles. The number of benzene rings is 3. The fourth-order valence-electron chi connectivity index (χ4n) is 4.04. The van der Waals surface area contributed by atoms with Gasteiger partial charge in [-0.3, -0.25) is 9.59 Å². The first kappa shape index (κ1) is 23.9. The molecule has 1 aliphatic rings. The van der Waals surface area contributed by atoms with Gasteiger partial charge in [0.1, 0.15) is 18.9 Å². The summed E-state index contributed by atoms with van der Waals surface area (Å²) in [6.45, 7) is 2.25. The van der Waals surface area contributed by atoms with Crippen molar-refractivity contribution in [3.8, 4) is 5.75 Å². The number of quaternary nitrogens is 1. The third-order valence-electron chi connectivity index (χ3n) is 6.11. The molecule has 4 rings (SSSR count). The lowest BCUT2D eigenvalue weighted by Gasteiger charge is -2.30. The van der Waals surface area contributed by atoms with Gasteiger partial charge < -0.3 is 20.3 Å². The molecule has 0 atom stereocenters. The molecule has 0 bridgehead atoms. The van der Waals surface area contributed by atoms with Gasteiger partial charge in [-0.2, -0.15) is 11.8 Å². The van der Waals surface area contributed by atoms with Crippen molar-refractivity contribution in [3.05, 3.63) is 82.9 Å². The fraction of sp³-hybridized carbons (Fsp3) is 0.259. The minimum absolute atomic E-state index is 0.204. The predicted molar refractivity (Wildman–Crippen MR) is 140 cm³/mol. The summed E-state index contributed by atoms with van der Waals surface area (Å²) in [5.74, 6) is 0.981. The van der Waals surface area contributed by atoms with E-state index in [0.29, 0.717) is 29.2 Å². The first-order chi connectivity index (χ1) is 16.3. The van der Waals surface area contributed by atoms with E-state index in [9.17, 15) is 9.59 Å². The molecule has 0 amide bonds. The van der Waals surface area contributed by atoms with Gasteiger partial charge in [0.25, 0.3) is 0 Å². The van der Waals surface area contributed by atoms with E-state index in [-0.39, 0.29) is 28.4 Å². The number of hydrogen-bond acceptors (Lipinski definition) is 6. The van der Waals surface area contributed by atoms with E-state index in [1.165, 1.54) is 0 Å². The van der Waals surface area contributed by atoms with E-state index in [4.69, 9.17) is 10.5 Å². The van der Waals surface area contributed by atoms with E-state index in [0.717, 1.165) is 29.0 Å². The van der Waals surface area contributed by atoms with Crippen LogP contribution in [0.5, 0.6) is 5.75 Å². The Labute approximate surface area is 204 Å². The number of nitrogens with zero attached hydrogens (tertiary/aromatic N) is 1. The lowest BCUT2D eigenvalue weighted by Crippen LogP contribution is -2.44. The molecule has 3 aromatic carbocycles. The van der Waals surface area contributed by atoms with Crippen LogP contribution in [-0.2, 0) is 0 Å². The van der Waals surface area contributed by atoms with E-state index in [1.54, 1.807) is 30.3 Å². The number of hydrogen-bond donors (Lipinski definition) is 2. The molecule has 0 unspecified atom stereocenters. The number of carbonyl (C=O) groups excluding carboxylic acids is 2. The van der Waals surface area contributed by atoms with E-state index < -0.39 is 0 Å². The summed E-state index contributed by atoms with van der Waals surface area (Å²) in [6.07, 6.45) is 2.10. The second kappa shape index (κ2) is 9.91. The van der Waals surface area contributed by atoms with Gasteiger partial charge in [0.2, 0.25) is 0 Å². The van der Waals surface area contributed by atoms with Gasteiger partial charge >= 0.3 is 0 Å². The van der Waals surface area contributed by atoms with Crippen LogP contribution in [0, 0.1) is 0 Å². The number of rotatable bonds is 9. The van der Waals surface area contributed by atoms with Gasteiger partial charge in [-0.1, -0.05) is 42.5 Å². The second-order valence-electron chi connectivity index (χ2n) is 9.01. The quantitative estimate of drug-likeness (QED) is 0.271. The second-order valence-corrected chi connectivity index (χ2v) is 9.99. The molecule has 3 N–H and O–H groups in total. The molecule has 1 aliphatic carbocycles. The summed E-state index contributed by atoms with van der Waals surface area (Å²) in [5.41, 5.74) is 9.23. The maximum atomic E-state index is 13.5. The highest BCUT2D eigenvalue weighted by Crippen LogP contribution is 2.41. The normalized spacial score (nSPS) is 12.8. The summed E-state index contributed by atoms with van der Waals surface area (Å²) >= 11 is 1.82. The van der Waals surface area contributed by atoms with Crippen molar-refractivity contribution in [3.63, 3.8) is 0 Å². The predicted octanol–water partition coefficient (Wildman–Crippen LogP) is 4.61. The van der Waals surface area contributed by atoms with Crippen LogP contribution in [0.15, 0.2) is 60.7 Å². The minimum Gasteiger partial charge on any atom is -0.485 e. The Hall–Kier alpha value is -3.29. The van der Waals surface area contributed by atoms with Crippen LogP contribution in [-0.4, -0.2) is 61.8 Å². The SMILES string of the molecule is CSCC[N+](C)(C)CCOc1cc(Nc2ccccc2)c2c(c1N)C(=O)c1ccccc1C2=O. The molecule has 0 fully saturated rings. The smallest absolute Gasteiger partial charge is 0.196 e. The van der Waals surface area contributed by atoms with Gasteiger partial charge in [0, 0.05) is 28.6 Å². The lowest BCUT2D eigenvalue weighted by atomic mass is 9.82. The number of anilines is 3. The molecule has 0 aliphatic heterocycles. The van der Waals surface area contributed by atoms with Crippen molar-refractivity contribution >= 4 is 40.4 Å². The maximum Gasteiger partial charge on any atom is 0.196 e. The largest absolute Gasteiger partial charge is 0.485 e. The number of nitrogens with two attached hydrogens (primary N) is 1. The van der Waals surface area contributed by atoms with Crippen molar-refractivity contribution in [1.82, 2.24) is 0 Å². The number of thioether (sulfide) groups is 1. The van der Waals surface area contributed by atoms with Crippen LogP contribution in [0.3, 0.4) is 0 Å². The van der Waals surface area contributed by atoms with Crippen molar-refractivity contribution < 1.29 is 18.8 Å². The topological polar surface area (TPSA) is 81.4 Å². The molecule has 0 heterocycles. The molecule has 6 nitrogen and oxygen atoms in total. The zero-order valence-electron chi connectivity index (χ0n) is 19.8. The van der Waals surface area contributed by atoms with E-state index in [1.807, 2.05) is 42.1 Å². The molecule has 7 heteroatoms. The Morgan fingerprint density at radius 1 is 0.912 bits per heavy atom. The van der Waals surface area contributed by atoms with Crippen LogP contribution in [0.25, 0.3) is 0 Å². The van der Waals surface area contributed by atoms with Crippen LogP contribution < -0.4 is 15.8 Å². The zero-order valence-corrected chi connectivity index (χ0v) is 20.6. The van der Waals surface area contributed by atoms with Gasteiger partial charge in [-0.15, -0.1) is 0 Å². The highest BCUT2D eigenvalue weighted by Gasteiger charge is 2.35. The average molecular weight is 477 g/mol. The molecule has 0 radical (unpaired) electrons. The lowest BCUT2D eigenvalue weighted by molar-refractivity contribution is -0.887. The number of para-hydroxylation sites is 1. The van der Waals surface area contributed by atoms with Crippen LogP contribution in [0.4, 0.5) is 17.1 Å². The molecule has 3 aromatic rings. The monoisotopic (exact) mass is 476 g/mol. The van der Waals surface area contributed by atoms with E-state index in [2.05, 4.69) is 25.7 Å². The summed E-state index contributed by atoms with van der Waals surface area (Å²) in [4.78, 5) is 26.9. The fourth-order valence-corrected chi connectivity index (χ4v) is 4.72. The van der Waals surface area contributed by atoms with Gasteiger partial charge in [0.05, 0.1) is 43.1 Å². The Balaban J connectivity index is 1.73. The van der Waals surface area contributed by atoms with Crippen molar-refractivity contribution in [2.45, 2.75) is 0 Å². The zero-order chi connectivity index (χ0) is 24.3. The number of fused-ring (bicyclic) bond motifs is 2. The van der Waals surface area contributed by atoms with Gasteiger partial charge in [-0.05, 0) is 18.4 Å². The molecular weight excluding hydrogens is 446 g/mol. The van der Waals surface area contributed by atoms with Crippen LogP contribution in [0.2, 0.25) is 0 Å².